The lowest BCUT2D eigenvalue weighted by Crippen LogP contribution is -2.53. The number of hydrogen-bond acceptors (Lipinski definition) is 4. The first-order chi connectivity index (χ1) is 19.0. The summed E-state index contributed by atoms with van der Waals surface area (Å²) in [6, 6.07) is 19.7. The lowest BCUT2D eigenvalue weighted by atomic mass is 10.1. The van der Waals surface area contributed by atoms with Gasteiger partial charge in [0.25, 0.3) is 10.0 Å². The number of benzene rings is 3. The van der Waals surface area contributed by atoms with Crippen LogP contribution in [0.4, 0.5) is 5.69 Å². The Bertz CT molecular complexity index is 1410. The van der Waals surface area contributed by atoms with E-state index in [9.17, 15) is 18.0 Å². The monoisotopic (exact) mass is 583 g/mol. The van der Waals surface area contributed by atoms with Gasteiger partial charge < -0.3 is 10.2 Å². The van der Waals surface area contributed by atoms with Crippen molar-refractivity contribution in [3.8, 4) is 0 Å². The summed E-state index contributed by atoms with van der Waals surface area (Å²) >= 11 is 6.45. The van der Waals surface area contributed by atoms with Gasteiger partial charge in [0.05, 0.1) is 10.6 Å². The Morgan fingerprint density at radius 1 is 0.900 bits per heavy atom. The molecule has 0 saturated heterocycles. The Balaban J connectivity index is 2.09. The molecule has 0 radical (unpaired) electrons. The molecule has 0 aromatic heterocycles. The summed E-state index contributed by atoms with van der Waals surface area (Å²) < 4.78 is 29.0. The van der Waals surface area contributed by atoms with Crippen molar-refractivity contribution < 1.29 is 18.0 Å². The minimum atomic E-state index is -4.11. The molecule has 1 N–H and O–H groups in total. The van der Waals surface area contributed by atoms with Crippen LogP contribution >= 0.6 is 11.6 Å². The smallest absolute Gasteiger partial charge is 0.264 e. The second kappa shape index (κ2) is 13.8. The van der Waals surface area contributed by atoms with Crippen LogP contribution in [0.5, 0.6) is 0 Å². The molecule has 7 nitrogen and oxygen atoms in total. The van der Waals surface area contributed by atoms with Crippen molar-refractivity contribution in [2.45, 2.75) is 71.0 Å². The van der Waals surface area contributed by atoms with Gasteiger partial charge in [0, 0.05) is 17.6 Å². The predicted octanol–water partition coefficient (Wildman–Crippen LogP) is 5.87. The van der Waals surface area contributed by atoms with Gasteiger partial charge in [0.15, 0.2) is 0 Å². The summed E-state index contributed by atoms with van der Waals surface area (Å²) in [5.41, 5.74) is 2.77. The number of anilines is 1. The summed E-state index contributed by atoms with van der Waals surface area (Å²) in [6.45, 7) is 9.02. The van der Waals surface area contributed by atoms with Crippen LogP contribution in [0, 0.1) is 13.8 Å². The van der Waals surface area contributed by atoms with Gasteiger partial charge in [-0.1, -0.05) is 67.9 Å². The van der Waals surface area contributed by atoms with E-state index >= 15 is 0 Å². The molecule has 0 aliphatic carbocycles. The number of carbonyl (C=O) groups is 2. The number of carbonyl (C=O) groups excluding carboxylic acids is 2. The summed E-state index contributed by atoms with van der Waals surface area (Å²) in [4.78, 5) is 29.0. The fraction of sp³-hybridized carbons (Fsp3) is 0.355. The van der Waals surface area contributed by atoms with Crippen LogP contribution < -0.4 is 9.62 Å². The molecule has 0 aliphatic rings. The van der Waals surface area contributed by atoms with E-state index in [1.807, 2.05) is 46.8 Å². The van der Waals surface area contributed by atoms with E-state index in [2.05, 4.69) is 5.32 Å². The highest BCUT2D eigenvalue weighted by atomic mass is 35.5. The van der Waals surface area contributed by atoms with Gasteiger partial charge in [-0.05, 0) is 80.6 Å². The lowest BCUT2D eigenvalue weighted by Gasteiger charge is -2.34. The third-order valence-corrected chi connectivity index (χ3v) is 8.95. The van der Waals surface area contributed by atoms with Crippen LogP contribution in [-0.2, 0) is 26.2 Å². The number of sulfonamides is 1. The molecule has 0 bridgehead atoms. The summed E-state index contributed by atoms with van der Waals surface area (Å²) in [6.07, 6.45) is 1.07. The van der Waals surface area contributed by atoms with E-state index in [1.165, 1.54) is 17.0 Å². The molecule has 2 amide bonds. The van der Waals surface area contributed by atoms with E-state index in [0.29, 0.717) is 22.7 Å². The van der Waals surface area contributed by atoms with Crippen molar-refractivity contribution in [3.63, 3.8) is 0 Å². The Labute approximate surface area is 243 Å². The van der Waals surface area contributed by atoms with Crippen LogP contribution in [-0.4, -0.2) is 43.8 Å². The average Bonchev–Trinajstić information content (AvgIpc) is 2.92. The van der Waals surface area contributed by atoms with Gasteiger partial charge in [-0.15, -0.1) is 0 Å². The summed E-state index contributed by atoms with van der Waals surface area (Å²) in [5.74, 6) is -0.800. The highest BCUT2D eigenvalue weighted by Gasteiger charge is 2.34. The first-order valence-corrected chi connectivity index (χ1v) is 15.3. The van der Waals surface area contributed by atoms with E-state index < -0.39 is 28.5 Å². The molecule has 3 aromatic carbocycles. The summed E-state index contributed by atoms with van der Waals surface area (Å²) in [5, 5.41) is 3.43. The van der Waals surface area contributed by atoms with Crippen LogP contribution in [0.25, 0.3) is 0 Å². The Morgan fingerprint density at radius 3 is 2.08 bits per heavy atom. The van der Waals surface area contributed by atoms with E-state index in [-0.39, 0.29) is 23.4 Å². The van der Waals surface area contributed by atoms with Crippen LogP contribution in [0.2, 0.25) is 5.02 Å². The van der Waals surface area contributed by atoms with Crippen molar-refractivity contribution in [2.75, 3.05) is 10.8 Å². The van der Waals surface area contributed by atoms with Crippen molar-refractivity contribution in [1.29, 1.82) is 0 Å². The van der Waals surface area contributed by atoms with Crippen LogP contribution in [0.1, 0.15) is 50.3 Å². The normalized spacial score (nSPS) is 12.8. The fourth-order valence-corrected chi connectivity index (χ4v) is 6.13. The van der Waals surface area contributed by atoms with E-state index in [1.54, 1.807) is 48.5 Å². The molecule has 9 heteroatoms. The van der Waals surface area contributed by atoms with E-state index in [0.717, 1.165) is 21.9 Å². The van der Waals surface area contributed by atoms with Gasteiger partial charge in [-0.3, -0.25) is 13.9 Å². The first-order valence-electron chi connectivity index (χ1n) is 13.5. The van der Waals surface area contributed by atoms with Gasteiger partial charge in [-0.2, -0.15) is 0 Å². The molecule has 214 valence electrons. The van der Waals surface area contributed by atoms with Gasteiger partial charge in [-0.25, -0.2) is 8.42 Å². The molecule has 3 rings (SSSR count). The maximum atomic E-state index is 14.1. The lowest BCUT2D eigenvalue weighted by molar-refractivity contribution is -0.140. The Kier molecular flexibility index (Phi) is 10.8. The van der Waals surface area contributed by atoms with Crippen LogP contribution in [0.15, 0.2) is 77.7 Å². The molecule has 2 atom stereocenters. The van der Waals surface area contributed by atoms with Crippen molar-refractivity contribution in [2.24, 2.45) is 0 Å². The average molecular weight is 584 g/mol. The Hall–Kier alpha value is -3.36. The number of hydrogen-bond donors (Lipinski definition) is 1. The number of aryl methyl sites for hydroxylation is 2. The molecular weight excluding hydrogens is 546 g/mol. The second-order valence-electron chi connectivity index (χ2n) is 10.0. The molecule has 0 fully saturated rings. The quantitative estimate of drug-likeness (QED) is 0.289. The second-order valence-corrected chi connectivity index (χ2v) is 12.3. The van der Waals surface area contributed by atoms with Gasteiger partial charge in [0.1, 0.15) is 12.6 Å². The number of amides is 2. The topological polar surface area (TPSA) is 86.8 Å². The SMILES string of the molecule is CC[C@@H](C)NC(=O)[C@H](CC)N(Cc1ccccc1Cl)C(=O)CN(c1cc(C)cc(C)c1)S(=O)(=O)c1ccccc1. The number of rotatable bonds is 12. The highest BCUT2D eigenvalue weighted by molar-refractivity contribution is 7.92. The largest absolute Gasteiger partial charge is 0.352 e. The van der Waals surface area contributed by atoms with Crippen LogP contribution in [0.3, 0.4) is 0 Å². The van der Waals surface area contributed by atoms with Crippen molar-refractivity contribution in [1.82, 2.24) is 10.2 Å². The van der Waals surface area contributed by atoms with Gasteiger partial charge >= 0.3 is 0 Å². The van der Waals surface area contributed by atoms with Crippen molar-refractivity contribution in [3.05, 3.63) is 94.5 Å². The van der Waals surface area contributed by atoms with Crippen molar-refractivity contribution >= 4 is 39.1 Å². The minimum absolute atomic E-state index is 0.0526. The molecule has 0 unspecified atom stereocenters. The van der Waals surface area contributed by atoms with Gasteiger partial charge in [0.2, 0.25) is 11.8 Å². The molecule has 0 aliphatic heterocycles. The number of halogens is 1. The zero-order valence-electron chi connectivity index (χ0n) is 23.7. The molecule has 40 heavy (non-hydrogen) atoms. The molecule has 0 heterocycles. The zero-order chi connectivity index (χ0) is 29.4. The zero-order valence-corrected chi connectivity index (χ0v) is 25.3. The highest BCUT2D eigenvalue weighted by Crippen LogP contribution is 2.27. The number of nitrogens with zero attached hydrogens (tertiary/aromatic N) is 2. The maximum Gasteiger partial charge on any atom is 0.264 e. The fourth-order valence-electron chi connectivity index (χ4n) is 4.51. The molecule has 0 saturated carbocycles. The third-order valence-electron chi connectivity index (χ3n) is 6.79. The van der Waals surface area contributed by atoms with E-state index in [4.69, 9.17) is 11.6 Å². The molecular formula is C31H38ClN3O4S. The minimum Gasteiger partial charge on any atom is -0.352 e. The molecule has 3 aromatic rings. The Morgan fingerprint density at radius 2 is 1.50 bits per heavy atom. The summed E-state index contributed by atoms with van der Waals surface area (Å²) in [7, 11) is -4.11. The standard InChI is InChI=1S/C31H38ClN3O4S/c1-6-24(5)33-31(37)29(7-2)34(20-25-13-11-12-16-28(25)32)30(36)21-35(26-18-22(3)17-23(4)19-26)40(38,39)27-14-9-8-10-15-27/h8-19,24,29H,6-7,20-21H2,1-5H3,(H,33,37)/t24-,29+/m1/s1. The third kappa shape index (κ3) is 7.64. The first kappa shape index (κ1) is 31.2. The number of nitrogens with one attached hydrogen (secondary N) is 1. The maximum absolute atomic E-state index is 14.1. The molecule has 0 spiro atoms. The predicted molar refractivity (Wildman–Crippen MR) is 161 cm³/mol.